The standard InChI is InChI=1S/C45H81N17O7/c1-7-27(6)35(46)42(69)59-31(18-13-21-56-45(52)53)38(65)60-33(23-26(4)5)40(67)58-30(17-12-20-55-44(50)51)37(64)62-34(24-28-14-9-8-10-15-28)41(68)61-32(22-25(2)3)39(66)57-29(36(47)63)16-11-19-54-43(48)49/h8-10,14-15,25-27,29-35H,7,11-13,16-24,46H2,1-6H3,(H2,47,63)(H,57,66)(H,58,67)(H,59,69)(H,60,65)(H,61,68)(H,62,64)(H4,48,49,54)(H4,50,51,55)(H4,52,53,56)/t27-,29-,30-,31-,32-,33-,34-,35-/m0/s1. The molecule has 24 heteroatoms. The number of rotatable bonds is 33. The van der Waals surface area contributed by atoms with Gasteiger partial charge in [-0.1, -0.05) is 78.3 Å². The van der Waals surface area contributed by atoms with Crippen LogP contribution in [0.15, 0.2) is 45.3 Å². The number of amides is 7. The Hall–Kier alpha value is -6.72. The molecule has 7 amide bonds. The van der Waals surface area contributed by atoms with Crippen LogP contribution in [0.5, 0.6) is 0 Å². The van der Waals surface area contributed by atoms with E-state index in [4.69, 9.17) is 45.9 Å². The molecule has 1 rings (SSSR count). The molecular formula is C45H81N17O7. The summed E-state index contributed by atoms with van der Waals surface area (Å²) in [6, 6.07) is 0.747. The normalized spacial score (nSPS) is 14.5. The van der Waals surface area contributed by atoms with E-state index in [9.17, 15) is 33.6 Å². The fraction of sp³-hybridized carbons (Fsp3) is 0.644. The molecule has 69 heavy (non-hydrogen) atoms. The Morgan fingerprint density at radius 1 is 0.478 bits per heavy atom. The molecule has 0 bridgehead atoms. The quantitative estimate of drug-likeness (QED) is 0.0193. The van der Waals surface area contributed by atoms with Gasteiger partial charge in [0.2, 0.25) is 41.4 Å². The third-order valence-electron chi connectivity index (χ3n) is 10.9. The lowest BCUT2D eigenvalue weighted by atomic mass is 9.98. The van der Waals surface area contributed by atoms with E-state index in [1.807, 2.05) is 41.5 Å². The predicted molar refractivity (Wildman–Crippen MR) is 267 cm³/mol. The maximum Gasteiger partial charge on any atom is 0.243 e. The van der Waals surface area contributed by atoms with Gasteiger partial charge in [-0.25, -0.2) is 0 Å². The predicted octanol–water partition coefficient (Wildman–Crippen LogP) is -2.75. The Morgan fingerprint density at radius 2 is 0.812 bits per heavy atom. The molecule has 1 aromatic carbocycles. The van der Waals surface area contributed by atoms with E-state index in [1.165, 1.54) is 0 Å². The summed E-state index contributed by atoms with van der Waals surface area (Å²) in [6.07, 6.45) is 1.91. The summed E-state index contributed by atoms with van der Waals surface area (Å²) >= 11 is 0. The van der Waals surface area contributed by atoms with E-state index in [0.29, 0.717) is 24.8 Å². The van der Waals surface area contributed by atoms with E-state index in [2.05, 4.69) is 46.9 Å². The molecule has 0 aliphatic heterocycles. The van der Waals surface area contributed by atoms with Crippen molar-refractivity contribution in [1.29, 1.82) is 0 Å². The van der Waals surface area contributed by atoms with Gasteiger partial charge in [0.1, 0.15) is 36.3 Å². The first kappa shape index (κ1) is 60.3. The molecule has 0 aromatic heterocycles. The number of carbonyl (C=O) groups excluding carboxylic acids is 7. The van der Waals surface area contributed by atoms with Crippen molar-refractivity contribution in [2.45, 2.75) is 148 Å². The highest BCUT2D eigenvalue weighted by atomic mass is 16.2. The van der Waals surface area contributed by atoms with Gasteiger partial charge in [-0.15, -0.1) is 0 Å². The molecule has 0 aliphatic rings. The third kappa shape index (κ3) is 25.3. The lowest BCUT2D eigenvalue weighted by Crippen LogP contribution is -2.60. The van der Waals surface area contributed by atoms with Crippen LogP contribution in [0.4, 0.5) is 0 Å². The molecule has 388 valence electrons. The Balaban J connectivity index is 3.58. The molecule has 8 atom stereocenters. The van der Waals surface area contributed by atoms with E-state index < -0.39 is 83.6 Å². The van der Waals surface area contributed by atoms with Crippen LogP contribution in [-0.2, 0) is 40.0 Å². The first-order valence-electron chi connectivity index (χ1n) is 23.5. The SMILES string of the molecule is CC[C@H](C)[C@H](N)C(=O)N[C@@H](CCCN=C(N)N)C(=O)N[C@@H](CC(C)C)C(=O)N[C@@H](CCCN=C(N)N)C(=O)N[C@@H](Cc1ccccc1)C(=O)N[C@@H](CC(C)C)C(=O)N[C@@H](CCCN=C(N)N)C(N)=O. The van der Waals surface area contributed by atoms with Crippen molar-refractivity contribution < 1.29 is 33.6 Å². The van der Waals surface area contributed by atoms with Crippen molar-refractivity contribution >= 4 is 59.2 Å². The van der Waals surface area contributed by atoms with E-state index in [1.54, 1.807) is 30.3 Å². The summed E-state index contributed by atoms with van der Waals surface area (Å²) in [4.78, 5) is 108. The number of aliphatic imine (C=N–C) groups is 3. The lowest BCUT2D eigenvalue weighted by molar-refractivity contribution is -0.136. The maximum atomic E-state index is 14.4. The molecule has 0 unspecified atom stereocenters. The number of hydrogen-bond donors (Lipinski definition) is 14. The zero-order valence-electron chi connectivity index (χ0n) is 41.2. The third-order valence-corrected chi connectivity index (χ3v) is 10.9. The highest BCUT2D eigenvalue weighted by Crippen LogP contribution is 2.13. The van der Waals surface area contributed by atoms with Crippen LogP contribution < -0.4 is 77.8 Å². The van der Waals surface area contributed by atoms with Crippen molar-refractivity contribution in [3.05, 3.63) is 35.9 Å². The zero-order valence-corrected chi connectivity index (χ0v) is 41.2. The molecule has 1 aromatic rings. The van der Waals surface area contributed by atoms with Gasteiger partial charge in [-0.3, -0.25) is 48.5 Å². The summed E-state index contributed by atoms with van der Waals surface area (Å²) in [6.45, 7) is 11.5. The summed E-state index contributed by atoms with van der Waals surface area (Å²) < 4.78 is 0. The second kappa shape index (κ2) is 32.1. The summed E-state index contributed by atoms with van der Waals surface area (Å²) in [5.41, 5.74) is 45.3. The molecule has 0 radical (unpaired) electrons. The Labute approximate surface area is 405 Å². The largest absolute Gasteiger partial charge is 0.370 e. The molecular weight excluding hydrogens is 891 g/mol. The van der Waals surface area contributed by atoms with Gasteiger partial charge in [0.05, 0.1) is 6.04 Å². The Bertz CT molecular complexity index is 1880. The molecule has 0 fully saturated rings. The van der Waals surface area contributed by atoms with E-state index >= 15 is 0 Å². The van der Waals surface area contributed by atoms with Crippen LogP contribution >= 0.6 is 0 Å². The first-order chi connectivity index (χ1) is 32.4. The number of hydrogen-bond acceptors (Lipinski definition) is 11. The van der Waals surface area contributed by atoms with Crippen LogP contribution in [0.25, 0.3) is 0 Å². The second-order valence-corrected chi connectivity index (χ2v) is 18.0. The maximum absolute atomic E-state index is 14.4. The van der Waals surface area contributed by atoms with Gasteiger partial charge in [0.25, 0.3) is 0 Å². The van der Waals surface area contributed by atoms with Gasteiger partial charge in [0, 0.05) is 26.1 Å². The van der Waals surface area contributed by atoms with Crippen molar-refractivity contribution in [2.24, 2.45) is 78.6 Å². The van der Waals surface area contributed by atoms with Crippen molar-refractivity contribution in [3.63, 3.8) is 0 Å². The van der Waals surface area contributed by atoms with Crippen LogP contribution in [0, 0.1) is 17.8 Å². The zero-order chi connectivity index (χ0) is 52.2. The smallest absolute Gasteiger partial charge is 0.243 e. The van der Waals surface area contributed by atoms with E-state index in [0.717, 1.165) is 0 Å². The first-order valence-corrected chi connectivity index (χ1v) is 23.5. The van der Waals surface area contributed by atoms with Gasteiger partial charge in [0.15, 0.2) is 17.9 Å². The topological polar surface area (TPSA) is 437 Å². The molecule has 24 nitrogen and oxygen atoms in total. The minimum absolute atomic E-state index is 0.0105. The van der Waals surface area contributed by atoms with E-state index in [-0.39, 0.29) is 100 Å². The van der Waals surface area contributed by atoms with Crippen LogP contribution in [0.1, 0.15) is 105 Å². The molecule has 0 saturated carbocycles. The fourth-order valence-corrected chi connectivity index (χ4v) is 6.94. The van der Waals surface area contributed by atoms with Gasteiger partial charge in [-0.2, -0.15) is 0 Å². The number of nitrogens with zero attached hydrogens (tertiary/aromatic N) is 3. The molecule has 0 spiro atoms. The second-order valence-electron chi connectivity index (χ2n) is 18.0. The number of guanidine groups is 3. The molecule has 0 aliphatic carbocycles. The summed E-state index contributed by atoms with van der Waals surface area (Å²) in [5, 5.41) is 16.4. The number of nitrogens with two attached hydrogens (primary N) is 8. The summed E-state index contributed by atoms with van der Waals surface area (Å²) in [5.74, 6) is -5.80. The minimum atomic E-state index is -1.29. The average molecular weight is 972 g/mol. The highest BCUT2D eigenvalue weighted by molar-refractivity contribution is 5.97. The van der Waals surface area contributed by atoms with Crippen molar-refractivity contribution in [3.8, 4) is 0 Å². The lowest BCUT2D eigenvalue weighted by Gasteiger charge is -2.28. The minimum Gasteiger partial charge on any atom is -0.370 e. The van der Waals surface area contributed by atoms with Crippen LogP contribution in [0.3, 0.4) is 0 Å². The molecule has 0 saturated heterocycles. The Morgan fingerprint density at radius 3 is 1.19 bits per heavy atom. The number of carbonyl (C=O) groups is 7. The van der Waals surface area contributed by atoms with Gasteiger partial charge in [-0.05, 0) is 74.7 Å². The van der Waals surface area contributed by atoms with Crippen molar-refractivity contribution in [2.75, 3.05) is 19.6 Å². The Kier molecular flexibility index (Phi) is 28.1. The molecule has 0 heterocycles. The fourth-order valence-electron chi connectivity index (χ4n) is 6.94. The monoisotopic (exact) mass is 972 g/mol. The van der Waals surface area contributed by atoms with Gasteiger partial charge < -0.3 is 77.8 Å². The number of primary amides is 1. The number of nitrogens with one attached hydrogen (secondary N) is 6. The highest BCUT2D eigenvalue weighted by Gasteiger charge is 2.34. The summed E-state index contributed by atoms with van der Waals surface area (Å²) in [7, 11) is 0. The molecule has 22 N–H and O–H groups in total. The number of benzene rings is 1. The van der Waals surface area contributed by atoms with Crippen molar-refractivity contribution in [1.82, 2.24) is 31.9 Å². The average Bonchev–Trinajstić information content (AvgIpc) is 3.27. The van der Waals surface area contributed by atoms with Gasteiger partial charge >= 0.3 is 0 Å². The van der Waals surface area contributed by atoms with Crippen LogP contribution in [0.2, 0.25) is 0 Å². The van der Waals surface area contributed by atoms with Crippen LogP contribution in [-0.4, -0.2) is 121 Å².